The van der Waals surface area contributed by atoms with Crippen molar-refractivity contribution < 1.29 is 46.8 Å². The number of fused-ring (bicyclic) bond motifs is 2. The van der Waals surface area contributed by atoms with Gasteiger partial charge in [-0.05, 0) is 100 Å². The van der Waals surface area contributed by atoms with E-state index in [-0.39, 0.29) is 55.0 Å². The Hall–Kier alpha value is -4.53. The third-order valence-electron chi connectivity index (χ3n) is 9.16. The van der Waals surface area contributed by atoms with Crippen LogP contribution in [0.4, 0.5) is 29.3 Å². The number of aliphatic hydroxyl groups is 1. The van der Waals surface area contributed by atoms with Gasteiger partial charge in [0.2, 0.25) is 6.79 Å². The first-order valence-electron chi connectivity index (χ1n) is 17.5. The van der Waals surface area contributed by atoms with Gasteiger partial charge in [-0.1, -0.05) is 13.0 Å². The number of urea groups is 1. The van der Waals surface area contributed by atoms with E-state index in [9.17, 15) is 27.9 Å². The molecule has 0 radical (unpaired) electrons. The number of hydrogen-bond donors (Lipinski definition) is 3. The third-order valence-corrected chi connectivity index (χ3v) is 9.16. The Morgan fingerprint density at radius 2 is 1.67 bits per heavy atom. The molecule has 5 rings (SSSR count). The van der Waals surface area contributed by atoms with Gasteiger partial charge in [0.1, 0.15) is 5.75 Å². The molecular weight excluding hydrogens is 681 g/mol. The van der Waals surface area contributed by atoms with Crippen LogP contribution in [0.1, 0.15) is 61.5 Å². The fourth-order valence-electron chi connectivity index (χ4n) is 6.22. The minimum atomic E-state index is -4.50. The van der Waals surface area contributed by atoms with E-state index in [4.69, 9.17) is 18.9 Å². The largest absolute Gasteiger partial charge is 0.490 e. The molecule has 3 aromatic rings. The number of anilines is 2. The molecule has 3 amide bonds. The summed E-state index contributed by atoms with van der Waals surface area (Å²) in [6.07, 6.45) is -2.59. The molecule has 0 fully saturated rings. The lowest BCUT2D eigenvalue weighted by molar-refractivity contribution is -0.137. The summed E-state index contributed by atoms with van der Waals surface area (Å²) in [5, 5.41) is 15.4. The van der Waals surface area contributed by atoms with Crippen LogP contribution in [0, 0.1) is 5.92 Å². The quantitative estimate of drug-likeness (QED) is 0.227. The van der Waals surface area contributed by atoms with Crippen molar-refractivity contribution in [3.63, 3.8) is 0 Å². The van der Waals surface area contributed by atoms with E-state index in [0.717, 1.165) is 54.2 Å². The second-order valence-electron chi connectivity index (χ2n) is 13.5. The van der Waals surface area contributed by atoms with Crippen LogP contribution in [0.5, 0.6) is 17.2 Å². The fourth-order valence-corrected chi connectivity index (χ4v) is 6.22. The van der Waals surface area contributed by atoms with Crippen molar-refractivity contribution in [3.8, 4) is 17.2 Å². The average molecular weight is 729 g/mol. The molecule has 2 aliphatic rings. The number of rotatable bonds is 8. The summed E-state index contributed by atoms with van der Waals surface area (Å²) in [7, 11) is 2.02. The maximum absolute atomic E-state index is 14.4. The lowest BCUT2D eigenvalue weighted by Gasteiger charge is -2.36. The van der Waals surface area contributed by atoms with E-state index >= 15 is 0 Å². The van der Waals surface area contributed by atoms with Crippen molar-refractivity contribution >= 4 is 23.3 Å². The van der Waals surface area contributed by atoms with Crippen LogP contribution in [-0.2, 0) is 17.5 Å². The minimum absolute atomic E-state index is 0.140. The maximum atomic E-state index is 14.4. The number of carbonyl (C=O) groups is 2. The molecule has 3 aromatic carbocycles. The number of benzene rings is 3. The van der Waals surface area contributed by atoms with Gasteiger partial charge >= 0.3 is 12.2 Å². The number of ether oxygens (including phenoxy) is 4. The number of amides is 3. The molecule has 3 N–H and O–H groups in total. The van der Waals surface area contributed by atoms with Gasteiger partial charge in [0.15, 0.2) is 11.5 Å². The summed E-state index contributed by atoms with van der Waals surface area (Å²) in [6, 6.07) is 13.4. The van der Waals surface area contributed by atoms with Crippen molar-refractivity contribution in [1.82, 2.24) is 9.80 Å². The molecule has 0 aromatic heterocycles. The Morgan fingerprint density at radius 3 is 2.40 bits per heavy atom. The highest BCUT2D eigenvalue weighted by Gasteiger charge is 2.32. The third kappa shape index (κ3) is 10.3. The smallest absolute Gasteiger partial charge is 0.416 e. The Labute approximate surface area is 302 Å². The molecule has 282 valence electrons. The van der Waals surface area contributed by atoms with E-state index in [1.807, 2.05) is 39.1 Å². The van der Waals surface area contributed by atoms with E-state index in [1.165, 1.54) is 6.07 Å². The number of carbonyl (C=O) groups excluding carboxylic acids is 2. The average Bonchev–Trinajstić information content (AvgIpc) is 3.57. The lowest BCUT2D eigenvalue weighted by atomic mass is 10.0. The van der Waals surface area contributed by atoms with E-state index < -0.39 is 29.7 Å². The van der Waals surface area contributed by atoms with E-state index in [0.29, 0.717) is 31.9 Å². The van der Waals surface area contributed by atoms with Gasteiger partial charge in [0.05, 0.1) is 36.0 Å². The molecule has 2 heterocycles. The summed E-state index contributed by atoms with van der Waals surface area (Å²) in [5.41, 5.74) is 0.854. The predicted octanol–water partition coefficient (Wildman–Crippen LogP) is 7.01. The summed E-state index contributed by atoms with van der Waals surface area (Å²) < 4.78 is 62.7. The van der Waals surface area contributed by atoms with Gasteiger partial charge in [-0.25, -0.2) is 4.79 Å². The monoisotopic (exact) mass is 728 g/mol. The fraction of sp³-hybridized carbons (Fsp3) is 0.474. The molecule has 4 atom stereocenters. The summed E-state index contributed by atoms with van der Waals surface area (Å²) >= 11 is 0. The first-order valence-corrected chi connectivity index (χ1v) is 17.5. The van der Waals surface area contributed by atoms with Crippen LogP contribution in [0.2, 0.25) is 0 Å². The second-order valence-corrected chi connectivity index (χ2v) is 13.5. The lowest BCUT2D eigenvalue weighted by Crippen LogP contribution is -2.47. The highest BCUT2D eigenvalue weighted by atomic mass is 19.4. The van der Waals surface area contributed by atoms with Crippen molar-refractivity contribution in [1.29, 1.82) is 0 Å². The molecule has 52 heavy (non-hydrogen) atoms. The zero-order chi connectivity index (χ0) is 37.4. The summed E-state index contributed by atoms with van der Waals surface area (Å²) in [6.45, 7) is 7.68. The predicted molar refractivity (Wildman–Crippen MR) is 190 cm³/mol. The Balaban J connectivity index is 1.34. The Kier molecular flexibility index (Phi) is 12.9. The molecule has 11 nitrogen and oxygen atoms in total. The first kappa shape index (κ1) is 38.7. The molecule has 0 aliphatic carbocycles. The van der Waals surface area contributed by atoms with Crippen molar-refractivity contribution in [3.05, 3.63) is 77.4 Å². The topological polar surface area (TPSA) is 122 Å². The number of nitrogens with one attached hydrogen (secondary N) is 2. The molecule has 0 bridgehead atoms. The Bertz CT molecular complexity index is 1670. The zero-order valence-electron chi connectivity index (χ0n) is 29.9. The van der Waals surface area contributed by atoms with Gasteiger partial charge in [0.25, 0.3) is 5.91 Å². The number of hydrogen-bond acceptors (Lipinski definition) is 8. The van der Waals surface area contributed by atoms with Crippen molar-refractivity contribution in [2.45, 2.75) is 71.0 Å². The molecule has 0 spiro atoms. The molecule has 2 aliphatic heterocycles. The SMILES string of the molecule is C[C@@H]1CCCCO[C@@H](CN(C)Cc2ccc3c(c2)OCO3)[C@@H](C)CN([C@H](C)CO)C(=O)c2cc(NC(=O)Nc3ccc(C(F)(F)F)cc3)ccc2O1. The van der Waals surface area contributed by atoms with Crippen LogP contribution >= 0.6 is 0 Å². The number of likely N-dealkylation sites (N-methyl/N-ethyl adjacent to an activating group) is 1. The minimum Gasteiger partial charge on any atom is -0.490 e. The van der Waals surface area contributed by atoms with Crippen LogP contribution in [-0.4, -0.2) is 85.2 Å². The van der Waals surface area contributed by atoms with Crippen LogP contribution in [0.25, 0.3) is 0 Å². The molecule has 14 heteroatoms. The highest BCUT2D eigenvalue weighted by Crippen LogP contribution is 2.34. The van der Waals surface area contributed by atoms with E-state index in [2.05, 4.69) is 15.5 Å². The van der Waals surface area contributed by atoms with Gasteiger partial charge in [0, 0.05) is 43.5 Å². The van der Waals surface area contributed by atoms with Crippen LogP contribution in [0.15, 0.2) is 60.7 Å². The second kappa shape index (κ2) is 17.3. The number of halogens is 3. The van der Waals surface area contributed by atoms with Crippen LogP contribution in [0.3, 0.4) is 0 Å². The maximum Gasteiger partial charge on any atom is 0.416 e. The number of nitrogens with zero attached hydrogens (tertiary/aromatic N) is 2. The highest BCUT2D eigenvalue weighted by molar-refractivity contribution is 6.02. The first-order chi connectivity index (χ1) is 24.8. The van der Waals surface area contributed by atoms with Crippen molar-refractivity contribution in [2.24, 2.45) is 5.92 Å². The number of alkyl halides is 3. The Morgan fingerprint density at radius 1 is 0.981 bits per heavy atom. The van der Waals surface area contributed by atoms with Crippen LogP contribution < -0.4 is 24.8 Å². The van der Waals surface area contributed by atoms with E-state index in [1.54, 1.807) is 24.0 Å². The van der Waals surface area contributed by atoms with Gasteiger partial charge in [-0.2, -0.15) is 13.2 Å². The van der Waals surface area contributed by atoms with Gasteiger partial charge < -0.3 is 39.6 Å². The number of aliphatic hydroxyl groups excluding tert-OH is 1. The molecule has 0 saturated carbocycles. The van der Waals surface area contributed by atoms with Gasteiger partial charge in [-0.3, -0.25) is 9.69 Å². The summed E-state index contributed by atoms with van der Waals surface area (Å²) in [4.78, 5) is 31.0. The standard InChI is InChI=1S/C38H47F3N4O7/c1-24-19-45(25(2)22-46)36(47)31-18-30(43-37(48)42-29-11-9-28(10-12-29)38(39,40)41)13-15-32(31)52-26(3)7-5-6-16-49-35(24)21-44(4)20-27-8-14-33-34(17-27)51-23-50-33/h8-15,17-18,24-26,35,46H,5-7,16,19-23H2,1-4H3,(H2,42,43,48)/t24-,25+,26+,35-/m0/s1. The molecular formula is C38H47F3N4O7. The molecule has 0 saturated heterocycles. The summed E-state index contributed by atoms with van der Waals surface area (Å²) in [5.74, 6) is 1.24. The van der Waals surface area contributed by atoms with Gasteiger partial charge in [-0.15, -0.1) is 0 Å². The zero-order valence-corrected chi connectivity index (χ0v) is 29.9. The molecule has 0 unspecified atom stereocenters. The van der Waals surface area contributed by atoms with Crippen molar-refractivity contribution in [2.75, 3.05) is 50.8 Å². The normalized spacial score (nSPS) is 20.4.